The maximum absolute atomic E-state index is 4.50. The summed E-state index contributed by atoms with van der Waals surface area (Å²) in [6, 6.07) is 10.2. The van der Waals surface area contributed by atoms with Gasteiger partial charge in [-0.25, -0.2) is 4.63 Å². The van der Waals surface area contributed by atoms with Gasteiger partial charge in [0.25, 0.3) is 0 Å². The predicted molar refractivity (Wildman–Crippen MR) is 61.5 cm³/mol. The molecule has 0 aliphatic carbocycles. The van der Waals surface area contributed by atoms with Crippen LogP contribution in [0.5, 0.6) is 0 Å². The van der Waals surface area contributed by atoms with E-state index in [0.717, 1.165) is 11.2 Å². The number of rotatable bonds is 2. The first-order valence-electron chi connectivity index (χ1n) is 4.95. The highest BCUT2D eigenvalue weighted by Gasteiger charge is 1.96. The number of H-pyrrole nitrogens is 1. The minimum Gasteiger partial charge on any atom is -0.355 e. The fourth-order valence-electron chi connectivity index (χ4n) is 1.61. The summed E-state index contributed by atoms with van der Waals surface area (Å²) in [6.07, 6.45) is 5.36. The van der Waals surface area contributed by atoms with Gasteiger partial charge in [-0.1, -0.05) is 28.5 Å². The molecule has 0 aliphatic rings. The van der Waals surface area contributed by atoms with Crippen LogP contribution in [0.25, 0.3) is 23.1 Å². The molecule has 0 aliphatic heterocycles. The van der Waals surface area contributed by atoms with E-state index in [4.69, 9.17) is 0 Å². The number of nitrogens with zero attached hydrogens (tertiary/aromatic N) is 2. The van der Waals surface area contributed by atoms with Crippen molar-refractivity contribution in [2.45, 2.75) is 0 Å². The number of hydrogen-bond donors (Lipinski definition) is 1. The van der Waals surface area contributed by atoms with Gasteiger partial charge >= 0.3 is 0 Å². The van der Waals surface area contributed by atoms with Crippen LogP contribution in [0.15, 0.2) is 41.2 Å². The number of fused-ring (bicyclic) bond motifs is 1. The van der Waals surface area contributed by atoms with E-state index >= 15 is 0 Å². The average molecular weight is 211 g/mol. The minimum absolute atomic E-state index is 0.707. The molecule has 4 nitrogen and oxygen atoms in total. The zero-order valence-electron chi connectivity index (χ0n) is 8.42. The third-order valence-corrected chi connectivity index (χ3v) is 2.36. The first kappa shape index (κ1) is 8.91. The molecule has 4 heteroatoms. The molecule has 0 bridgehead atoms. The van der Waals surface area contributed by atoms with E-state index in [-0.39, 0.29) is 0 Å². The number of benzene rings is 1. The largest absolute Gasteiger partial charge is 0.355 e. The van der Waals surface area contributed by atoms with Crippen LogP contribution in [0.3, 0.4) is 0 Å². The van der Waals surface area contributed by atoms with Crippen molar-refractivity contribution >= 4 is 23.1 Å². The molecular weight excluding hydrogens is 202 g/mol. The second kappa shape index (κ2) is 3.66. The smallest absolute Gasteiger partial charge is 0.127 e. The Morgan fingerprint density at radius 3 is 2.94 bits per heavy atom. The molecule has 2 aromatic heterocycles. The van der Waals surface area contributed by atoms with Gasteiger partial charge < -0.3 is 4.98 Å². The van der Waals surface area contributed by atoms with Crippen molar-refractivity contribution in [1.29, 1.82) is 0 Å². The molecule has 0 spiro atoms. The third kappa shape index (κ3) is 1.61. The van der Waals surface area contributed by atoms with Crippen molar-refractivity contribution in [2.24, 2.45) is 0 Å². The van der Waals surface area contributed by atoms with E-state index < -0.39 is 0 Å². The molecule has 0 atom stereocenters. The zero-order chi connectivity index (χ0) is 10.8. The Hall–Kier alpha value is -2.36. The lowest BCUT2D eigenvalue weighted by molar-refractivity contribution is 0.306. The lowest BCUT2D eigenvalue weighted by Crippen LogP contribution is -1.70. The number of nitrogens with one attached hydrogen (secondary N) is 1. The van der Waals surface area contributed by atoms with E-state index in [2.05, 4.69) is 32.1 Å². The van der Waals surface area contributed by atoms with Gasteiger partial charge in [0.05, 0.1) is 6.20 Å². The van der Waals surface area contributed by atoms with Crippen LogP contribution < -0.4 is 0 Å². The zero-order valence-corrected chi connectivity index (χ0v) is 8.42. The number of aromatic nitrogens is 3. The molecule has 0 unspecified atom stereocenters. The fraction of sp³-hybridized carbons (Fsp3) is 0. The second-order valence-corrected chi connectivity index (χ2v) is 3.48. The summed E-state index contributed by atoms with van der Waals surface area (Å²) in [5, 5.41) is 8.42. The summed E-state index contributed by atoms with van der Waals surface area (Å²) in [4.78, 5) is 3.29. The molecule has 0 radical (unpaired) electrons. The summed E-state index contributed by atoms with van der Waals surface area (Å²) in [5.41, 5.74) is 2.86. The highest BCUT2D eigenvalue weighted by Crippen LogP contribution is 2.16. The van der Waals surface area contributed by atoms with Gasteiger partial charge in [0.2, 0.25) is 0 Å². The van der Waals surface area contributed by atoms with Crippen molar-refractivity contribution < 1.29 is 4.63 Å². The lowest BCUT2D eigenvalue weighted by Gasteiger charge is -1.84. The van der Waals surface area contributed by atoms with Crippen molar-refractivity contribution in [2.75, 3.05) is 0 Å². The SMILES string of the molecule is C(=Cc1cc2ccccc2[nH]1)c1cnon1. The van der Waals surface area contributed by atoms with E-state index in [1.165, 1.54) is 5.39 Å². The summed E-state index contributed by atoms with van der Waals surface area (Å²) in [6.45, 7) is 0. The van der Waals surface area contributed by atoms with Crippen LogP contribution in [0.4, 0.5) is 0 Å². The maximum Gasteiger partial charge on any atom is 0.127 e. The highest BCUT2D eigenvalue weighted by molar-refractivity contribution is 5.84. The summed E-state index contributed by atoms with van der Waals surface area (Å²) in [7, 11) is 0. The molecule has 3 rings (SSSR count). The van der Waals surface area contributed by atoms with Crippen LogP contribution in [-0.2, 0) is 0 Å². The molecule has 0 amide bonds. The topological polar surface area (TPSA) is 54.7 Å². The Kier molecular flexibility index (Phi) is 2.04. The molecule has 3 aromatic rings. The van der Waals surface area contributed by atoms with Crippen molar-refractivity contribution in [1.82, 2.24) is 15.3 Å². The fourth-order valence-corrected chi connectivity index (χ4v) is 1.61. The van der Waals surface area contributed by atoms with Gasteiger partial charge in [0, 0.05) is 11.2 Å². The van der Waals surface area contributed by atoms with Crippen molar-refractivity contribution in [3.05, 3.63) is 47.9 Å². The van der Waals surface area contributed by atoms with E-state index in [1.807, 2.05) is 30.4 Å². The van der Waals surface area contributed by atoms with Crippen molar-refractivity contribution in [3.63, 3.8) is 0 Å². The maximum atomic E-state index is 4.50. The first-order chi connectivity index (χ1) is 7.92. The van der Waals surface area contributed by atoms with Gasteiger partial charge in [0.1, 0.15) is 5.69 Å². The summed E-state index contributed by atoms with van der Waals surface area (Å²) in [5.74, 6) is 0. The molecule has 0 fully saturated rings. The Bertz CT molecular complexity index is 590. The van der Waals surface area contributed by atoms with E-state index in [1.54, 1.807) is 6.20 Å². The van der Waals surface area contributed by atoms with Crippen LogP contribution in [0.2, 0.25) is 0 Å². The van der Waals surface area contributed by atoms with E-state index in [0.29, 0.717) is 5.69 Å². The molecule has 2 heterocycles. The molecular formula is C12H9N3O. The lowest BCUT2D eigenvalue weighted by atomic mass is 10.2. The quantitative estimate of drug-likeness (QED) is 0.709. The minimum atomic E-state index is 0.707. The van der Waals surface area contributed by atoms with Gasteiger partial charge in [-0.05, 0) is 29.7 Å². The van der Waals surface area contributed by atoms with Crippen LogP contribution in [0.1, 0.15) is 11.4 Å². The van der Waals surface area contributed by atoms with Gasteiger partial charge in [-0.2, -0.15) is 0 Å². The number of aromatic amines is 1. The molecule has 0 saturated heterocycles. The van der Waals surface area contributed by atoms with Gasteiger partial charge in [-0.3, -0.25) is 0 Å². The van der Waals surface area contributed by atoms with Crippen molar-refractivity contribution in [3.8, 4) is 0 Å². The van der Waals surface area contributed by atoms with Gasteiger partial charge in [-0.15, -0.1) is 0 Å². The summed E-state index contributed by atoms with van der Waals surface area (Å²) < 4.78 is 4.50. The Morgan fingerprint density at radius 1 is 1.19 bits per heavy atom. The number of hydrogen-bond acceptors (Lipinski definition) is 3. The Balaban J connectivity index is 1.95. The predicted octanol–water partition coefficient (Wildman–Crippen LogP) is 2.72. The standard InChI is InChI=1S/C12H9N3O/c1-2-4-12-9(3-1)7-10(14-12)5-6-11-8-13-16-15-11/h1-8,14H. The molecule has 1 N–H and O–H groups in total. The van der Waals surface area contributed by atoms with Gasteiger partial charge in [0.15, 0.2) is 0 Å². The normalized spacial score (nSPS) is 11.5. The molecule has 78 valence electrons. The third-order valence-electron chi connectivity index (χ3n) is 2.36. The van der Waals surface area contributed by atoms with E-state index in [9.17, 15) is 0 Å². The monoisotopic (exact) mass is 211 g/mol. The summed E-state index contributed by atoms with van der Waals surface area (Å²) >= 11 is 0. The second-order valence-electron chi connectivity index (χ2n) is 3.48. The molecule has 0 saturated carbocycles. The van der Waals surface area contributed by atoms with Crippen LogP contribution >= 0.6 is 0 Å². The highest BCUT2D eigenvalue weighted by atomic mass is 16.6. The van der Waals surface area contributed by atoms with Crippen LogP contribution in [0, 0.1) is 0 Å². The first-order valence-corrected chi connectivity index (χ1v) is 4.95. The number of para-hydroxylation sites is 1. The average Bonchev–Trinajstić information content (AvgIpc) is 2.95. The van der Waals surface area contributed by atoms with Crippen LogP contribution in [-0.4, -0.2) is 15.3 Å². The Labute approximate surface area is 91.6 Å². The molecule has 1 aromatic carbocycles. The Morgan fingerprint density at radius 2 is 2.12 bits per heavy atom. The molecule has 16 heavy (non-hydrogen) atoms.